The summed E-state index contributed by atoms with van der Waals surface area (Å²) in [5, 5.41) is 6.25. The number of nitrogens with zero attached hydrogens (tertiary/aromatic N) is 3. The van der Waals surface area contributed by atoms with Gasteiger partial charge in [-0.1, -0.05) is 13.8 Å². The Morgan fingerprint density at radius 1 is 1.19 bits per heavy atom. The molecule has 1 aliphatic heterocycles. The molecule has 1 aromatic rings. The third-order valence-electron chi connectivity index (χ3n) is 4.88. The Balaban J connectivity index is 0.00000512. The molecule has 1 saturated heterocycles. The summed E-state index contributed by atoms with van der Waals surface area (Å²) >= 11 is 0. The number of carbonyl (C=O) groups excluding carboxylic acids is 2. The molecule has 1 aliphatic rings. The molecule has 2 heterocycles. The highest BCUT2D eigenvalue weighted by Gasteiger charge is 2.26. The van der Waals surface area contributed by atoms with Gasteiger partial charge in [-0.2, -0.15) is 0 Å². The van der Waals surface area contributed by atoms with Crippen LogP contribution in [0.2, 0.25) is 0 Å². The van der Waals surface area contributed by atoms with Gasteiger partial charge in [-0.3, -0.25) is 9.79 Å². The first-order valence-corrected chi connectivity index (χ1v) is 11.0. The van der Waals surface area contributed by atoms with Gasteiger partial charge in [-0.05, 0) is 45.7 Å². The minimum absolute atomic E-state index is 0. The molecule has 0 aromatic carbocycles. The Kier molecular flexibility index (Phi) is 11.3. The maximum atomic E-state index is 12.5. The van der Waals surface area contributed by atoms with E-state index >= 15 is 0 Å². The van der Waals surface area contributed by atoms with Gasteiger partial charge in [0.1, 0.15) is 5.60 Å². The molecule has 0 saturated carbocycles. The van der Waals surface area contributed by atoms with Crippen LogP contribution in [0.25, 0.3) is 0 Å². The highest BCUT2D eigenvalue weighted by atomic mass is 127. The fourth-order valence-corrected chi connectivity index (χ4v) is 3.17. The van der Waals surface area contributed by atoms with E-state index in [4.69, 9.17) is 14.1 Å². The van der Waals surface area contributed by atoms with Gasteiger partial charge in [0.05, 0.1) is 18.8 Å². The zero-order valence-corrected chi connectivity index (χ0v) is 22.3. The van der Waals surface area contributed by atoms with Crippen molar-refractivity contribution in [3.8, 4) is 0 Å². The van der Waals surface area contributed by atoms with Crippen LogP contribution in [0.15, 0.2) is 27.8 Å². The summed E-state index contributed by atoms with van der Waals surface area (Å²) in [5.74, 6) is 1.25. The fraction of sp³-hybridized carbons (Fsp3) is 0.682. The second-order valence-corrected chi connectivity index (χ2v) is 8.95. The van der Waals surface area contributed by atoms with Crippen LogP contribution in [0.5, 0.6) is 0 Å². The zero-order chi connectivity index (χ0) is 23.0. The van der Waals surface area contributed by atoms with Crippen LogP contribution in [0.1, 0.15) is 52.1 Å². The SMILES string of the molecule is CCNC(=NCC(NC(=O)OC(C)(C)C)C(C)C)N1CCN(C(=O)c2ccco2)CC1.I. The molecular weight excluding hydrogens is 525 g/mol. The third kappa shape index (κ3) is 8.87. The first-order valence-electron chi connectivity index (χ1n) is 11.0. The van der Waals surface area contributed by atoms with Crippen LogP contribution in [0.4, 0.5) is 4.79 Å². The molecule has 0 aliphatic carbocycles. The van der Waals surface area contributed by atoms with Crippen molar-refractivity contribution in [2.75, 3.05) is 39.3 Å². The van der Waals surface area contributed by atoms with E-state index in [9.17, 15) is 9.59 Å². The topological polar surface area (TPSA) is 99.4 Å². The van der Waals surface area contributed by atoms with Gasteiger partial charge >= 0.3 is 6.09 Å². The smallest absolute Gasteiger partial charge is 0.407 e. The summed E-state index contributed by atoms with van der Waals surface area (Å²) in [5.41, 5.74) is -0.545. The van der Waals surface area contributed by atoms with E-state index < -0.39 is 11.7 Å². The maximum absolute atomic E-state index is 12.5. The number of nitrogens with one attached hydrogen (secondary N) is 2. The van der Waals surface area contributed by atoms with Gasteiger partial charge in [-0.25, -0.2) is 4.79 Å². The Morgan fingerprint density at radius 2 is 1.81 bits per heavy atom. The first-order chi connectivity index (χ1) is 14.6. The first kappa shape index (κ1) is 28.1. The van der Waals surface area contributed by atoms with Crippen molar-refractivity contribution in [2.45, 2.75) is 53.2 Å². The Labute approximate surface area is 208 Å². The Bertz CT molecular complexity index is 738. The highest BCUT2D eigenvalue weighted by Crippen LogP contribution is 2.11. The number of amides is 2. The third-order valence-corrected chi connectivity index (χ3v) is 4.88. The van der Waals surface area contributed by atoms with E-state index in [0.29, 0.717) is 38.5 Å². The molecule has 1 aromatic heterocycles. The van der Waals surface area contributed by atoms with Crippen molar-refractivity contribution in [3.05, 3.63) is 24.2 Å². The molecule has 1 fully saturated rings. The number of rotatable bonds is 6. The molecule has 0 spiro atoms. The number of aliphatic imine (C=N–C) groups is 1. The number of halogens is 1. The molecule has 0 radical (unpaired) electrons. The number of hydrogen-bond donors (Lipinski definition) is 2. The molecule has 10 heteroatoms. The molecular formula is C22H38IN5O4. The predicted molar refractivity (Wildman–Crippen MR) is 136 cm³/mol. The summed E-state index contributed by atoms with van der Waals surface area (Å²) in [4.78, 5) is 33.4. The van der Waals surface area contributed by atoms with E-state index in [2.05, 4.69) is 15.5 Å². The van der Waals surface area contributed by atoms with Crippen molar-refractivity contribution < 1.29 is 18.7 Å². The number of piperazine rings is 1. The van der Waals surface area contributed by atoms with E-state index in [0.717, 1.165) is 12.5 Å². The lowest BCUT2D eigenvalue weighted by atomic mass is 10.1. The average Bonchev–Trinajstić information content (AvgIpc) is 3.23. The van der Waals surface area contributed by atoms with E-state index in [1.807, 2.05) is 41.5 Å². The number of guanidine groups is 1. The fourth-order valence-electron chi connectivity index (χ4n) is 3.17. The molecule has 182 valence electrons. The number of alkyl carbamates (subject to hydrolysis) is 1. The van der Waals surface area contributed by atoms with Crippen molar-refractivity contribution >= 4 is 41.9 Å². The van der Waals surface area contributed by atoms with E-state index in [1.165, 1.54) is 6.26 Å². The number of carbonyl (C=O) groups is 2. The molecule has 1 unspecified atom stereocenters. The van der Waals surface area contributed by atoms with Crippen LogP contribution in [-0.2, 0) is 4.74 Å². The number of hydrogen-bond acceptors (Lipinski definition) is 5. The van der Waals surface area contributed by atoms with Crippen LogP contribution in [-0.4, -0.2) is 78.7 Å². The van der Waals surface area contributed by atoms with Gasteiger partial charge < -0.3 is 29.6 Å². The number of furan rings is 1. The highest BCUT2D eigenvalue weighted by molar-refractivity contribution is 14.0. The average molecular weight is 563 g/mol. The largest absolute Gasteiger partial charge is 0.459 e. The molecule has 9 nitrogen and oxygen atoms in total. The lowest BCUT2D eigenvalue weighted by molar-refractivity contribution is 0.0493. The second kappa shape index (κ2) is 12.9. The molecule has 0 bridgehead atoms. The van der Waals surface area contributed by atoms with Crippen LogP contribution >= 0.6 is 24.0 Å². The summed E-state index contributed by atoms with van der Waals surface area (Å²) in [6.07, 6.45) is 1.08. The lowest BCUT2D eigenvalue weighted by Gasteiger charge is -2.36. The van der Waals surface area contributed by atoms with Crippen LogP contribution in [0.3, 0.4) is 0 Å². The van der Waals surface area contributed by atoms with E-state index in [1.54, 1.807) is 17.0 Å². The zero-order valence-electron chi connectivity index (χ0n) is 20.0. The van der Waals surface area contributed by atoms with Gasteiger partial charge in [0.15, 0.2) is 11.7 Å². The van der Waals surface area contributed by atoms with Gasteiger partial charge in [0.25, 0.3) is 5.91 Å². The summed E-state index contributed by atoms with van der Waals surface area (Å²) in [6, 6.07) is 3.25. The minimum atomic E-state index is -0.545. The lowest BCUT2D eigenvalue weighted by Crippen LogP contribution is -2.54. The van der Waals surface area contributed by atoms with Crippen molar-refractivity contribution in [2.24, 2.45) is 10.9 Å². The molecule has 32 heavy (non-hydrogen) atoms. The van der Waals surface area contributed by atoms with Gasteiger partial charge in [0.2, 0.25) is 0 Å². The van der Waals surface area contributed by atoms with Crippen molar-refractivity contribution in [3.63, 3.8) is 0 Å². The molecule has 2 rings (SSSR count). The number of ether oxygens (including phenoxy) is 1. The van der Waals surface area contributed by atoms with Crippen LogP contribution in [0, 0.1) is 5.92 Å². The van der Waals surface area contributed by atoms with Gasteiger partial charge in [-0.15, -0.1) is 24.0 Å². The predicted octanol–water partition coefficient (Wildman–Crippen LogP) is 3.17. The summed E-state index contributed by atoms with van der Waals surface area (Å²) in [6.45, 7) is 15.3. The standard InChI is InChI=1S/C22H37N5O4.HI/c1-7-23-20(24-15-17(16(2)3)25-21(29)31-22(4,5)6)27-12-10-26(11-13-27)19(28)18-9-8-14-30-18;/h8-9,14,16-17H,7,10-13,15H2,1-6H3,(H,23,24)(H,25,29);1H. The quantitative estimate of drug-likeness (QED) is 0.314. The molecule has 1 atom stereocenters. The minimum Gasteiger partial charge on any atom is -0.459 e. The Hall–Kier alpha value is -1.98. The monoisotopic (exact) mass is 563 g/mol. The van der Waals surface area contributed by atoms with E-state index in [-0.39, 0.29) is 41.8 Å². The van der Waals surface area contributed by atoms with Crippen molar-refractivity contribution in [1.29, 1.82) is 0 Å². The molecule has 2 amide bonds. The normalized spacial score (nSPS) is 15.8. The summed E-state index contributed by atoms with van der Waals surface area (Å²) < 4.78 is 10.6. The summed E-state index contributed by atoms with van der Waals surface area (Å²) in [7, 11) is 0. The van der Waals surface area contributed by atoms with Crippen molar-refractivity contribution in [1.82, 2.24) is 20.4 Å². The second-order valence-electron chi connectivity index (χ2n) is 8.95. The van der Waals surface area contributed by atoms with Crippen LogP contribution < -0.4 is 10.6 Å². The maximum Gasteiger partial charge on any atom is 0.407 e. The van der Waals surface area contributed by atoms with Gasteiger partial charge in [0, 0.05) is 32.7 Å². The molecule has 2 N–H and O–H groups in total. The Morgan fingerprint density at radius 3 is 2.31 bits per heavy atom.